The molecule has 0 aliphatic heterocycles. The minimum absolute atomic E-state index is 0.159. The fraction of sp³-hybridized carbons (Fsp3) is 0.0435. The van der Waals surface area contributed by atoms with E-state index in [0.717, 1.165) is 0 Å². The van der Waals surface area contributed by atoms with Crippen LogP contribution >= 0.6 is 15.9 Å². The van der Waals surface area contributed by atoms with Crippen LogP contribution in [0.4, 0.5) is 17.1 Å². The number of carbonyl (C=O) groups excluding carboxylic acids is 2. The van der Waals surface area contributed by atoms with Gasteiger partial charge in [-0.15, -0.1) is 0 Å². The molecule has 3 aromatic carbocycles. The zero-order valence-corrected chi connectivity index (χ0v) is 19.6. The molecular formula is C23H17BrN4O7. The molecule has 0 saturated heterocycles. The number of nitro groups is 2. The molecule has 11 nitrogen and oxygen atoms in total. The fourth-order valence-corrected chi connectivity index (χ4v) is 3.46. The van der Waals surface area contributed by atoms with Crippen molar-refractivity contribution in [2.24, 2.45) is 0 Å². The molecule has 0 radical (unpaired) electrons. The van der Waals surface area contributed by atoms with Gasteiger partial charge in [0.2, 0.25) is 0 Å². The highest BCUT2D eigenvalue weighted by Crippen LogP contribution is 2.26. The van der Waals surface area contributed by atoms with E-state index in [9.17, 15) is 29.8 Å². The quantitative estimate of drug-likeness (QED) is 0.238. The normalized spacial score (nSPS) is 10.9. The molecule has 0 aromatic heterocycles. The number of methoxy groups -OCH3 is 1. The minimum Gasteiger partial charge on any atom is -0.496 e. The van der Waals surface area contributed by atoms with Gasteiger partial charge in [0.15, 0.2) is 0 Å². The molecule has 0 heterocycles. The summed E-state index contributed by atoms with van der Waals surface area (Å²) in [6.45, 7) is 0. The second-order valence-corrected chi connectivity index (χ2v) is 7.83. The maximum atomic E-state index is 13.0. The first-order chi connectivity index (χ1) is 16.7. The zero-order valence-electron chi connectivity index (χ0n) is 18.1. The molecule has 12 heteroatoms. The predicted octanol–water partition coefficient (Wildman–Crippen LogP) is 4.68. The Morgan fingerprint density at radius 3 is 2.23 bits per heavy atom. The van der Waals surface area contributed by atoms with Crippen molar-refractivity contribution in [2.45, 2.75) is 0 Å². The molecule has 0 atom stereocenters. The Morgan fingerprint density at radius 2 is 1.63 bits per heavy atom. The van der Waals surface area contributed by atoms with Crippen molar-refractivity contribution in [2.75, 3.05) is 12.4 Å². The summed E-state index contributed by atoms with van der Waals surface area (Å²) in [5.41, 5.74) is 0.191. The van der Waals surface area contributed by atoms with Gasteiger partial charge in [0.05, 0.1) is 21.4 Å². The number of hydrogen-bond acceptors (Lipinski definition) is 7. The summed E-state index contributed by atoms with van der Waals surface area (Å²) in [6, 6.07) is 15.2. The van der Waals surface area contributed by atoms with Gasteiger partial charge in [0.1, 0.15) is 11.4 Å². The number of nitrogens with one attached hydrogen (secondary N) is 2. The summed E-state index contributed by atoms with van der Waals surface area (Å²) in [5, 5.41) is 27.0. The smallest absolute Gasteiger partial charge is 0.272 e. The number of amides is 2. The van der Waals surface area contributed by atoms with Gasteiger partial charge >= 0.3 is 0 Å². The Bertz CT molecular complexity index is 1340. The van der Waals surface area contributed by atoms with Crippen LogP contribution in [0.2, 0.25) is 0 Å². The maximum Gasteiger partial charge on any atom is 0.272 e. The summed E-state index contributed by atoms with van der Waals surface area (Å²) in [7, 11) is 1.47. The first-order valence-corrected chi connectivity index (χ1v) is 10.6. The number of carbonyl (C=O) groups is 2. The highest BCUT2D eigenvalue weighted by atomic mass is 79.9. The van der Waals surface area contributed by atoms with Crippen molar-refractivity contribution in [1.82, 2.24) is 5.32 Å². The summed E-state index contributed by atoms with van der Waals surface area (Å²) in [6.07, 6.45) is 1.28. The number of nitro benzene ring substituents is 2. The van der Waals surface area contributed by atoms with Crippen molar-refractivity contribution in [3.8, 4) is 5.75 Å². The number of ether oxygens (including phenoxy) is 1. The van der Waals surface area contributed by atoms with Gasteiger partial charge in [-0.05, 0) is 57.9 Å². The van der Waals surface area contributed by atoms with E-state index in [-0.39, 0.29) is 28.3 Å². The van der Waals surface area contributed by atoms with E-state index in [1.807, 2.05) is 0 Å². The predicted molar refractivity (Wildman–Crippen MR) is 131 cm³/mol. The average molecular weight is 541 g/mol. The van der Waals surface area contributed by atoms with Gasteiger partial charge in [0, 0.05) is 35.5 Å². The summed E-state index contributed by atoms with van der Waals surface area (Å²) in [4.78, 5) is 46.7. The SMILES string of the molecule is COc1ccc(C(=O)N/C(=C\c2cccc([N+](=O)[O-])c2)C(=O)Nc2ccc([N+](=O)[O-])cc2)cc1Br. The molecule has 0 saturated carbocycles. The number of nitrogens with zero attached hydrogens (tertiary/aromatic N) is 2. The number of rotatable bonds is 8. The van der Waals surface area contributed by atoms with Crippen LogP contribution in [0.15, 0.2) is 76.9 Å². The van der Waals surface area contributed by atoms with Gasteiger partial charge in [-0.25, -0.2) is 0 Å². The van der Waals surface area contributed by atoms with E-state index in [4.69, 9.17) is 4.74 Å². The van der Waals surface area contributed by atoms with Crippen LogP contribution in [0.25, 0.3) is 6.08 Å². The van der Waals surface area contributed by atoms with Gasteiger partial charge in [-0.2, -0.15) is 0 Å². The van der Waals surface area contributed by atoms with Crippen LogP contribution in [-0.2, 0) is 4.79 Å². The van der Waals surface area contributed by atoms with E-state index >= 15 is 0 Å². The Labute approximate surface area is 206 Å². The molecule has 0 unspecified atom stereocenters. The van der Waals surface area contributed by atoms with E-state index in [1.165, 1.54) is 73.8 Å². The first kappa shape index (κ1) is 25.1. The summed E-state index contributed by atoms with van der Waals surface area (Å²) in [5.74, 6) is -0.861. The lowest BCUT2D eigenvalue weighted by Crippen LogP contribution is -2.30. The van der Waals surface area contributed by atoms with Crippen LogP contribution in [-0.4, -0.2) is 28.8 Å². The van der Waals surface area contributed by atoms with Crippen LogP contribution in [0.1, 0.15) is 15.9 Å². The lowest BCUT2D eigenvalue weighted by Gasteiger charge is -2.12. The molecule has 0 spiro atoms. The topological polar surface area (TPSA) is 154 Å². The lowest BCUT2D eigenvalue weighted by atomic mass is 10.1. The molecule has 3 rings (SSSR count). The van der Waals surface area contributed by atoms with E-state index < -0.39 is 21.7 Å². The first-order valence-electron chi connectivity index (χ1n) is 9.85. The van der Waals surface area contributed by atoms with Crippen molar-refractivity contribution in [3.05, 3.63) is 108 Å². The third kappa shape index (κ3) is 6.48. The number of benzene rings is 3. The van der Waals surface area contributed by atoms with Crippen LogP contribution in [0.5, 0.6) is 5.75 Å². The van der Waals surface area contributed by atoms with Crippen molar-refractivity contribution in [1.29, 1.82) is 0 Å². The molecular weight excluding hydrogens is 524 g/mol. The second-order valence-electron chi connectivity index (χ2n) is 6.97. The molecule has 0 aliphatic carbocycles. The Hall–Kier alpha value is -4.58. The third-order valence-corrected chi connectivity index (χ3v) is 5.25. The third-order valence-electron chi connectivity index (χ3n) is 4.63. The zero-order chi connectivity index (χ0) is 25.5. The van der Waals surface area contributed by atoms with Gasteiger partial charge < -0.3 is 15.4 Å². The maximum absolute atomic E-state index is 13.0. The monoisotopic (exact) mass is 540 g/mol. The number of hydrogen-bond donors (Lipinski definition) is 2. The largest absolute Gasteiger partial charge is 0.496 e. The van der Waals surface area contributed by atoms with Crippen molar-refractivity contribution < 1.29 is 24.2 Å². The molecule has 3 aromatic rings. The lowest BCUT2D eigenvalue weighted by molar-refractivity contribution is -0.385. The van der Waals surface area contributed by atoms with E-state index in [2.05, 4.69) is 26.6 Å². The van der Waals surface area contributed by atoms with Crippen LogP contribution in [0.3, 0.4) is 0 Å². The Kier molecular flexibility index (Phi) is 7.89. The molecule has 0 fully saturated rings. The Balaban J connectivity index is 1.93. The second kappa shape index (κ2) is 11.0. The molecule has 0 aliphatic rings. The average Bonchev–Trinajstić information content (AvgIpc) is 2.84. The van der Waals surface area contributed by atoms with Crippen LogP contribution < -0.4 is 15.4 Å². The van der Waals surface area contributed by atoms with E-state index in [1.54, 1.807) is 6.07 Å². The summed E-state index contributed by atoms with van der Waals surface area (Å²) >= 11 is 3.30. The number of halogens is 1. The molecule has 178 valence electrons. The van der Waals surface area contributed by atoms with Crippen LogP contribution in [0, 0.1) is 20.2 Å². The number of non-ortho nitro benzene ring substituents is 2. The Morgan fingerprint density at radius 1 is 0.943 bits per heavy atom. The highest BCUT2D eigenvalue weighted by molar-refractivity contribution is 9.10. The standard InChI is InChI=1S/C23H17BrN4O7/c1-35-21-10-5-15(13-19(21)24)22(29)26-20(12-14-3-2-4-18(11-14)28(33)34)23(30)25-16-6-8-17(9-7-16)27(31)32/h2-13H,1H3,(H,25,30)(H,26,29)/b20-12-. The van der Waals surface area contributed by atoms with E-state index in [0.29, 0.717) is 15.8 Å². The van der Waals surface area contributed by atoms with Gasteiger partial charge in [-0.1, -0.05) is 12.1 Å². The number of anilines is 1. The minimum atomic E-state index is -0.744. The van der Waals surface area contributed by atoms with Gasteiger partial charge in [0.25, 0.3) is 23.2 Å². The molecule has 2 N–H and O–H groups in total. The molecule has 35 heavy (non-hydrogen) atoms. The van der Waals surface area contributed by atoms with Crippen molar-refractivity contribution in [3.63, 3.8) is 0 Å². The highest BCUT2D eigenvalue weighted by Gasteiger charge is 2.17. The van der Waals surface area contributed by atoms with Gasteiger partial charge in [-0.3, -0.25) is 29.8 Å². The van der Waals surface area contributed by atoms with Crippen molar-refractivity contribution >= 4 is 50.9 Å². The molecule has 2 amide bonds. The summed E-state index contributed by atoms with van der Waals surface area (Å²) < 4.78 is 5.67. The fourth-order valence-electron chi connectivity index (χ4n) is 2.92. The molecule has 0 bridgehead atoms.